The van der Waals surface area contributed by atoms with E-state index in [-0.39, 0.29) is 5.41 Å². The first-order valence-corrected chi connectivity index (χ1v) is 8.57. The average Bonchev–Trinajstić information content (AvgIpc) is 2.77. The van der Waals surface area contributed by atoms with E-state index in [2.05, 4.69) is 25.1 Å². The molecule has 2 saturated carbocycles. The van der Waals surface area contributed by atoms with Crippen molar-refractivity contribution in [2.24, 2.45) is 17.3 Å². The van der Waals surface area contributed by atoms with Gasteiger partial charge in [-0.15, -0.1) is 0 Å². The van der Waals surface area contributed by atoms with E-state index in [1.165, 1.54) is 17.5 Å². The Balaban J connectivity index is 1.69. The zero-order valence-electron chi connectivity index (χ0n) is 13.5. The Kier molecular flexibility index (Phi) is 3.28. The zero-order chi connectivity index (χ0) is 15.5. The second-order valence-corrected chi connectivity index (χ2v) is 7.77. The Morgan fingerprint density at radius 2 is 2.05 bits per heavy atom. The molecule has 2 fully saturated rings. The zero-order valence-corrected chi connectivity index (χ0v) is 13.5. The van der Waals surface area contributed by atoms with Crippen molar-refractivity contribution in [3.63, 3.8) is 0 Å². The van der Waals surface area contributed by atoms with Gasteiger partial charge in [0.1, 0.15) is 5.75 Å². The number of hydrogen-bond donors (Lipinski definition) is 2. The average molecular weight is 302 g/mol. The van der Waals surface area contributed by atoms with E-state index >= 15 is 0 Å². The SMILES string of the molecule is COc1ccc2c(c1)CC[C@@H]1[C@H]3C[C@H](O)[C@@H](O)[C@]3(C)CC[C@@H]21. The molecule has 120 valence electrons. The van der Waals surface area contributed by atoms with Gasteiger partial charge in [0, 0.05) is 0 Å². The van der Waals surface area contributed by atoms with Crippen LogP contribution in [0, 0.1) is 17.3 Å². The predicted molar refractivity (Wildman–Crippen MR) is 85.0 cm³/mol. The Bertz CT molecular complexity index is 584. The van der Waals surface area contributed by atoms with Crippen LogP contribution in [0.1, 0.15) is 49.7 Å². The van der Waals surface area contributed by atoms with Crippen LogP contribution in [-0.4, -0.2) is 29.5 Å². The van der Waals surface area contributed by atoms with E-state index < -0.39 is 12.2 Å². The molecule has 22 heavy (non-hydrogen) atoms. The molecule has 3 aliphatic carbocycles. The molecule has 1 aromatic carbocycles. The molecule has 3 aliphatic rings. The van der Waals surface area contributed by atoms with Gasteiger partial charge in [-0.3, -0.25) is 0 Å². The number of aryl methyl sites for hydroxylation is 1. The Hall–Kier alpha value is -1.06. The number of ether oxygens (including phenoxy) is 1. The normalized spacial score (nSPS) is 43.2. The van der Waals surface area contributed by atoms with Crippen molar-refractivity contribution in [3.8, 4) is 5.75 Å². The fourth-order valence-corrected chi connectivity index (χ4v) is 5.67. The van der Waals surface area contributed by atoms with Crippen LogP contribution in [0.4, 0.5) is 0 Å². The van der Waals surface area contributed by atoms with Gasteiger partial charge in [0.15, 0.2) is 0 Å². The van der Waals surface area contributed by atoms with E-state index in [9.17, 15) is 10.2 Å². The number of benzene rings is 1. The minimum atomic E-state index is -0.546. The van der Waals surface area contributed by atoms with Gasteiger partial charge in [-0.25, -0.2) is 0 Å². The Morgan fingerprint density at radius 3 is 2.82 bits per heavy atom. The van der Waals surface area contributed by atoms with Crippen molar-refractivity contribution in [1.29, 1.82) is 0 Å². The molecule has 2 N–H and O–H groups in total. The number of hydrogen-bond acceptors (Lipinski definition) is 3. The summed E-state index contributed by atoms with van der Waals surface area (Å²) in [6, 6.07) is 6.51. The molecule has 0 bridgehead atoms. The lowest BCUT2D eigenvalue weighted by Crippen LogP contribution is -2.44. The molecule has 0 heterocycles. The molecular weight excluding hydrogens is 276 g/mol. The van der Waals surface area contributed by atoms with E-state index in [1.54, 1.807) is 7.11 Å². The van der Waals surface area contributed by atoms with Crippen molar-refractivity contribution in [3.05, 3.63) is 29.3 Å². The number of rotatable bonds is 1. The lowest BCUT2D eigenvalue weighted by atomic mass is 9.55. The largest absolute Gasteiger partial charge is 0.497 e. The lowest BCUT2D eigenvalue weighted by Gasteiger charge is -2.49. The van der Waals surface area contributed by atoms with E-state index in [1.807, 2.05) is 0 Å². The Labute approximate surface area is 132 Å². The van der Waals surface area contributed by atoms with Crippen molar-refractivity contribution in [2.75, 3.05) is 7.11 Å². The topological polar surface area (TPSA) is 49.7 Å². The number of aliphatic hydroxyl groups is 2. The minimum Gasteiger partial charge on any atom is -0.497 e. The van der Waals surface area contributed by atoms with Crippen molar-refractivity contribution < 1.29 is 14.9 Å². The number of fused-ring (bicyclic) bond motifs is 5. The monoisotopic (exact) mass is 302 g/mol. The summed E-state index contributed by atoms with van der Waals surface area (Å²) in [7, 11) is 1.72. The molecule has 6 atom stereocenters. The minimum absolute atomic E-state index is 0.0927. The summed E-state index contributed by atoms with van der Waals surface area (Å²) in [5, 5.41) is 20.6. The predicted octanol–water partition coefficient (Wildman–Crippen LogP) is 2.88. The third kappa shape index (κ3) is 1.88. The van der Waals surface area contributed by atoms with Crippen molar-refractivity contribution in [1.82, 2.24) is 0 Å². The highest BCUT2D eigenvalue weighted by Crippen LogP contribution is 2.60. The third-order valence-corrected chi connectivity index (χ3v) is 6.91. The highest BCUT2D eigenvalue weighted by Gasteiger charge is 2.57. The molecule has 0 aromatic heterocycles. The van der Waals surface area contributed by atoms with Crippen molar-refractivity contribution >= 4 is 0 Å². The molecule has 3 heteroatoms. The third-order valence-electron chi connectivity index (χ3n) is 6.91. The first kappa shape index (κ1) is 14.5. The van der Waals surface area contributed by atoms with Crippen LogP contribution in [0.15, 0.2) is 18.2 Å². The van der Waals surface area contributed by atoms with Gasteiger partial charge in [0.2, 0.25) is 0 Å². The van der Waals surface area contributed by atoms with Crippen LogP contribution in [0.3, 0.4) is 0 Å². The summed E-state index contributed by atoms with van der Waals surface area (Å²) >= 11 is 0. The van der Waals surface area contributed by atoms with Crippen LogP contribution >= 0.6 is 0 Å². The fourth-order valence-electron chi connectivity index (χ4n) is 5.67. The smallest absolute Gasteiger partial charge is 0.119 e. The molecule has 0 spiro atoms. The maximum atomic E-state index is 10.4. The second kappa shape index (κ2) is 4.97. The molecule has 4 rings (SSSR count). The van der Waals surface area contributed by atoms with Crippen LogP contribution in [0.2, 0.25) is 0 Å². The van der Waals surface area contributed by atoms with Crippen LogP contribution < -0.4 is 4.74 Å². The van der Waals surface area contributed by atoms with E-state index in [0.29, 0.717) is 17.8 Å². The maximum absolute atomic E-state index is 10.4. The molecule has 1 aromatic rings. The van der Waals surface area contributed by atoms with Gasteiger partial charge in [-0.2, -0.15) is 0 Å². The summed E-state index contributed by atoms with van der Waals surface area (Å²) in [6.45, 7) is 2.19. The highest BCUT2D eigenvalue weighted by atomic mass is 16.5. The molecule has 0 amide bonds. The summed E-state index contributed by atoms with van der Waals surface area (Å²) < 4.78 is 5.36. The molecular formula is C19H26O3. The quantitative estimate of drug-likeness (QED) is 0.838. The van der Waals surface area contributed by atoms with Gasteiger partial charge in [-0.1, -0.05) is 13.0 Å². The summed E-state index contributed by atoms with van der Waals surface area (Å²) in [5.74, 6) is 2.59. The standard InChI is InChI=1S/C19H26O3/c1-19-8-7-14-13-6-4-12(22-2)9-11(13)3-5-15(14)16(19)10-17(20)18(19)21/h4,6,9,14-18,20-21H,3,5,7-8,10H2,1-2H3/t14-,15-,16+,17-,18+,19+/m0/s1. The van der Waals surface area contributed by atoms with Gasteiger partial charge in [0.25, 0.3) is 0 Å². The summed E-state index contributed by atoms with van der Waals surface area (Å²) in [4.78, 5) is 0. The number of aliphatic hydroxyl groups excluding tert-OH is 2. The van der Waals surface area contributed by atoms with Crippen molar-refractivity contribution in [2.45, 2.75) is 57.2 Å². The maximum Gasteiger partial charge on any atom is 0.119 e. The molecule has 0 radical (unpaired) electrons. The summed E-state index contributed by atoms with van der Waals surface area (Å²) in [5.41, 5.74) is 2.82. The molecule has 0 aliphatic heterocycles. The van der Waals surface area contributed by atoms with Gasteiger partial charge in [0.05, 0.1) is 19.3 Å². The fraction of sp³-hybridized carbons (Fsp3) is 0.684. The number of methoxy groups -OCH3 is 1. The molecule has 0 unspecified atom stereocenters. The van der Waals surface area contributed by atoms with E-state index in [4.69, 9.17) is 4.74 Å². The van der Waals surface area contributed by atoms with Crippen LogP contribution in [-0.2, 0) is 6.42 Å². The lowest BCUT2D eigenvalue weighted by molar-refractivity contribution is -0.0505. The van der Waals surface area contributed by atoms with Gasteiger partial charge in [-0.05, 0) is 78.5 Å². The van der Waals surface area contributed by atoms with Gasteiger partial charge >= 0.3 is 0 Å². The van der Waals surface area contributed by atoms with Crippen LogP contribution in [0.5, 0.6) is 5.75 Å². The second-order valence-electron chi connectivity index (χ2n) is 7.77. The first-order valence-electron chi connectivity index (χ1n) is 8.57. The van der Waals surface area contributed by atoms with Gasteiger partial charge < -0.3 is 14.9 Å². The molecule has 3 nitrogen and oxygen atoms in total. The Morgan fingerprint density at radius 1 is 1.23 bits per heavy atom. The first-order chi connectivity index (χ1) is 10.5. The van der Waals surface area contributed by atoms with E-state index in [0.717, 1.165) is 31.4 Å². The highest BCUT2D eigenvalue weighted by molar-refractivity contribution is 5.40. The summed E-state index contributed by atoms with van der Waals surface area (Å²) in [6.07, 6.45) is 4.09. The molecule has 0 saturated heterocycles. The van der Waals surface area contributed by atoms with Crippen LogP contribution in [0.25, 0.3) is 0 Å².